The van der Waals surface area contributed by atoms with Gasteiger partial charge < -0.3 is 9.80 Å². The highest BCUT2D eigenvalue weighted by molar-refractivity contribution is 8.00. The molecule has 0 spiro atoms. The minimum atomic E-state index is -4.46. The number of nitro groups is 1. The lowest BCUT2D eigenvalue weighted by molar-refractivity contribution is -0.384. The molecule has 0 bridgehead atoms. The number of nitro benzene ring substituents is 1. The van der Waals surface area contributed by atoms with Crippen molar-refractivity contribution in [3.05, 3.63) is 69.8 Å². The lowest BCUT2D eigenvalue weighted by Gasteiger charge is -2.36. The van der Waals surface area contributed by atoms with Crippen molar-refractivity contribution in [1.82, 2.24) is 9.80 Å². The minimum absolute atomic E-state index is 0.0258. The Morgan fingerprint density at radius 3 is 2.00 bits per heavy atom. The fourth-order valence-electron chi connectivity index (χ4n) is 3.27. The van der Waals surface area contributed by atoms with Gasteiger partial charge in [-0.2, -0.15) is 13.2 Å². The average Bonchev–Trinajstić information content (AvgIpc) is 2.78. The third kappa shape index (κ3) is 5.58. The van der Waals surface area contributed by atoms with E-state index in [-0.39, 0.29) is 36.2 Å². The zero-order chi connectivity index (χ0) is 23.5. The SMILES string of the molecule is CC(Sc1ccc([N+](=O)[O-])cc1)C(=O)N1CCN(C(=O)c2ccc(C(F)(F)F)cc2)CC1. The summed E-state index contributed by atoms with van der Waals surface area (Å²) in [5.41, 5.74) is -0.675. The molecule has 0 aliphatic carbocycles. The van der Waals surface area contributed by atoms with E-state index in [1.165, 1.54) is 28.8 Å². The molecular weight excluding hydrogens is 447 g/mol. The number of rotatable bonds is 5. The summed E-state index contributed by atoms with van der Waals surface area (Å²) < 4.78 is 38.1. The second kappa shape index (κ2) is 9.60. The van der Waals surface area contributed by atoms with Crippen LogP contribution in [0.4, 0.5) is 18.9 Å². The number of alkyl halides is 3. The Labute approximate surface area is 186 Å². The van der Waals surface area contributed by atoms with E-state index >= 15 is 0 Å². The Hall–Kier alpha value is -3.08. The fraction of sp³-hybridized carbons (Fsp3) is 0.333. The zero-order valence-electron chi connectivity index (χ0n) is 17.0. The molecule has 7 nitrogen and oxygen atoms in total. The minimum Gasteiger partial charge on any atom is -0.338 e. The summed E-state index contributed by atoms with van der Waals surface area (Å²) in [6.07, 6.45) is -4.46. The molecule has 0 N–H and O–H groups in total. The summed E-state index contributed by atoms with van der Waals surface area (Å²) in [4.78, 5) is 39.4. The molecule has 0 aromatic heterocycles. The van der Waals surface area contributed by atoms with Gasteiger partial charge in [-0.1, -0.05) is 0 Å². The van der Waals surface area contributed by atoms with E-state index in [2.05, 4.69) is 0 Å². The van der Waals surface area contributed by atoms with Crippen LogP contribution in [0.3, 0.4) is 0 Å². The van der Waals surface area contributed by atoms with Crippen LogP contribution in [0.1, 0.15) is 22.8 Å². The molecule has 1 heterocycles. The molecule has 32 heavy (non-hydrogen) atoms. The first kappa shape index (κ1) is 23.6. The molecule has 1 aliphatic heterocycles. The highest BCUT2D eigenvalue weighted by Gasteiger charge is 2.31. The number of non-ortho nitro benzene ring substituents is 1. The number of piperazine rings is 1. The number of benzene rings is 2. The van der Waals surface area contributed by atoms with Crippen LogP contribution in [0.25, 0.3) is 0 Å². The summed E-state index contributed by atoms with van der Waals surface area (Å²) in [7, 11) is 0. The maximum absolute atomic E-state index is 12.7. The van der Waals surface area contributed by atoms with Crippen molar-refractivity contribution in [1.29, 1.82) is 0 Å². The topological polar surface area (TPSA) is 83.8 Å². The number of amides is 2. The van der Waals surface area contributed by atoms with Crippen molar-refractivity contribution in [2.24, 2.45) is 0 Å². The predicted molar refractivity (Wildman–Crippen MR) is 112 cm³/mol. The van der Waals surface area contributed by atoms with Gasteiger partial charge in [0, 0.05) is 48.8 Å². The maximum atomic E-state index is 12.7. The summed E-state index contributed by atoms with van der Waals surface area (Å²) in [6.45, 7) is 2.93. The molecule has 0 saturated carbocycles. The Morgan fingerprint density at radius 2 is 1.50 bits per heavy atom. The summed E-state index contributed by atoms with van der Waals surface area (Å²) in [5, 5.41) is 10.3. The first-order valence-corrected chi connectivity index (χ1v) is 10.6. The van der Waals surface area contributed by atoms with E-state index in [0.717, 1.165) is 29.2 Å². The summed E-state index contributed by atoms with van der Waals surface area (Å²) in [5.74, 6) is -0.492. The highest BCUT2D eigenvalue weighted by atomic mass is 32.2. The van der Waals surface area contributed by atoms with E-state index in [9.17, 15) is 32.9 Å². The van der Waals surface area contributed by atoms with Crippen molar-refractivity contribution in [3.8, 4) is 0 Å². The number of thioether (sulfide) groups is 1. The first-order valence-electron chi connectivity index (χ1n) is 9.72. The quantitative estimate of drug-likeness (QED) is 0.376. The second-order valence-corrected chi connectivity index (χ2v) is 8.62. The van der Waals surface area contributed by atoms with E-state index in [0.29, 0.717) is 13.1 Å². The van der Waals surface area contributed by atoms with Crippen LogP contribution in [0.15, 0.2) is 53.4 Å². The third-order valence-corrected chi connectivity index (χ3v) is 6.15. The van der Waals surface area contributed by atoms with Crippen LogP contribution in [0.2, 0.25) is 0 Å². The van der Waals surface area contributed by atoms with E-state index in [4.69, 9.17) is 0 Å². The van der Waals surface area contributed by atoms with Crippen LogP contribution in [0.5, 0.6) is 0 Å². The van der Waals surface area contributed by atoms with Crippen LogP contribution in [-0.4, -0.2) is 58.0 Å². The number of carbonyl (C=O) groups is 2. The number of hydrogen-bond donors (Lipinski definition) is 0. The van der Waals surface area contributed by atoms with Gasteiger partial charge in [0.25, 0.3) is 11.6 Å². The zero-order valence-corrected chi connectivity index (χ0v) is 17.9. The first-order chi connectivity index (χ1) is 15.1. The van der Waals surface area contributed by atoms with Crippen LogP contribution < -0.4 is 0 Å². The second-order valence-electron chi connectivity index (χ2n) is 7.20. The Bertz CT molecular complexity index is 989. The molecule has 1 saturated heterocycles. The van der Waals surface area contributed by atoms with Gasteiger partial charge in [0.05, 0.1) is 15.7 Å². The Morgan fingerprint density at radius 1 is 0.969 bits per heavy atom. The molecule has 1 aliphatic rings. The molecule has 1 atom stereocenters. The lowest BCUT2D eigenvalue weighted by Crippen LogP contribution is -2.52. The molecular formula is C21H20F3N3O4S. The van der Waals surface area contributed by atoms with Crippen LogP contribution in [-0.2, 0) is 11.0 Å². The van der Waals surface area contributed by atoms with Crippen molar-refractivity contribution in [2.75, 3.05) is 26.2 Å². The summed E-state index contributed by atoms with van der Waals surface area (Å²) >= 11 is 1.29. The fourth-order valence-corrected chi connectivity index (χ4v) is 4.22. The molecule has 1 unspecified atom stereocenters. The van der Waals surface area contributed by atoms with Crippen LogP contribution >= 0.6 is 11.8 Å². The maximum Gasteiger partial charge on any atom is 0.416 e. The largest absolute Gasteiger partial charge is 0.416 e. The Kier molecular flexibility index (Phi) is 7.07. The predicted octanol–water partition coefficient (Wildman–Crippen LogP) is 4.08. The smallest absolute Gasteiger partial charge is 0.338 e. The highest BCUT2D eigenvalue weighted by Crippen LogP contribution is 2.29. The van der Waals surface area contributed by atoms with Gasteiger partial charge >= 0.3 is 6.18 Å². The van der Waals surface area contributed by atoms with Gasteiger partial charge in [0.2, 0.25) is 5.91 Å². The molecule has 0 radical (unpaired) electrons. The monoisotopic (exact) mass is 467 g/mol. The summed E-state index contributed by atoms with van der Waals surface area (Å²) in [6, 6.07) is 10.0. The number of halogens is 3. The van der Waals surface area contributed by atoms with Crippen LogP contribution in [0, 0.1) is 10.1 Å². The van der Waals surface area contributed by atoms with E-state index in [1.807, 2.05) is 0 Å². The van der Waals surface area contributed by atoms with E-state index < -0.39 is 21.9 Å². The van der Waals surface area contributed by atoms with Gasteiger partial charge in [-0.3, -0.25) is 19.7 Å². The van der Waals surface area contributed by atoms with Crippen molar-refractivity contribution in [3.63, 3.8) is 0 Å². The molecule has 2 aromatic rings. The molecule has 3 rings (SSSR count). The third-order valence-electron chi connectivity index (χ3n) is 5.05. The normalized spacial score (nSPS) is 15.4. The average molecular weight is 467 g/mol. The molecule has 2 aromatic carbocycles. The standard InChI is InChI=1S/C21H20F3N3O4S/c1-14(32-18-8-6-17(7-9-18)27(30)31)19(28)25-10-12-26(13-11-25)20(29)15-2-4-16(5-3-15)21(22,23)24/h2-9,14H,10-13H2,1H3. The van der Waals surface area contributed by atoms with Crippen molar-refractivity contribution in [2.45, 2.75) is 23.2 Å². The lowest BCUT2D eigenvalue weighted by atomic mass is 10.1. The number of carbonyl (C=O) groups excluding carboxylic acids is 2. The molecule has 170 valence electrons. The number of hydrogen-bond acceptors (Lipinski definition) is 5. The van der Waals surface area contributed by atoms with Crippen molar-refractivity contribution >= 4 is 29.3 Å². The van der Waals surface area contributed by atoms with Gasteiger partial charge in [-0.25, -0.2) is 0 Å². The van der Waals surface area contributed by atoms with Gasteiger partial charge in [-0.05, 0) is 43.3 Å². The molecule has 11 heteroatoms. The number of nitrogens with zero attached hydrogens (tertiary/aromatic N) is 3. The molecule has 1 fully saturated rings. The Balaban J connectivity index is 1.53. The molecule has 2 amide bonds. The van der Waals surface area contributed by atoms with Gasteiger partial charge in [0.15, 0.2) is 0 Å². The van der Waals surface area contributed by atoms with Gasteiger partial charge in [0.1, 0.15) is 0 Å². The van der Waals surface area contributed by atoms with E-state index in [1.54, 1.807) is 24.0 Å². The van der Waals surface area contributed by atoms with Gasteiger partial charge in [-0.15, -0.1) is 11.8 Å². The van der Waals surface area contributed by atoms with Crippen molar-refractivity contribution < 1.29 is 27.7 Å².